The third-order valence-corrected chi connectivity index (χ3v) is 3.76. The minimum absolute atomic E-state index is 0.182. The van der Waals surface area contributed by atoms with Crippen molar-refractivity contribution in [1.82, 2.24) is 20.0 Å². The molecule has 0 aliphatic carbocycles. The van der Waals surface area contributed by atoms with Gasteiger partial charge in [-0.25, -0.2) is 4.68 Å². The van der Waals surface area contributed by atoms with Crippen LogP contribution in [0, 0.1) is 6.92 Å². The van der Waals surface area contributed by atoms with Crippen molar-refractivity contribution in [3.05, 3.63) is 57.8 Å². The Morgan fingerprint density at radius 1 is 1.17 bits per heavy atom. The highest BCUT2D eigenvalue weighted by Gasteiger charge is 2.10. The van der Waals surface area contributed by atoms with E-state index in [2.05, 4.69) is 20.6 Å². The maximum atomic E-state index is 12.0. The summed E-state index contributed by atoms with van der Waals surface area (Å²) < 4.78 is 1.13. The van der Waals surface area contributed by atoms with Crippen LogP contribution in [0.5, 0.6) is 0 Å². The second-order valence-electron chi connectivity index (χ2n) is 4.75. The zero-order chi connectivity index (χ0) is 16.2. The zero-order valence-corrected chi connectivity index (χ0v) is 13.1. The predicted molar refractivity (Wildman–Crippen MR) is 87.2 cm³/mol. The van der Waals surface area contributed by atoms with Crippen LogP contribution in [0.25, 0.3) is 11.3 Å². The van der Waals surface area contributed by atoms with Crippen molar-refractivity contribution in [2.24, 2.45) is 0 Å². The summed E-state index contributed by atoms with van der Waals surface area (Å²) >= 11 is 1.27. The number of hydrogen-bond acceptors (Lipinski definition) is 6. The average Bonchev–Trinajstić information content (AvgIpc) is 2.95. The lowest BCUT2D eigenvalue weighted by molar-refractivity contribution is -0.117. The van der Waals surface area contributed by atoms with Gasteiger partial charge in [-0.2, -0.15) is 5.10 Å². The van der Waals surface area contributed by atoms with Crippen molar-refractivity contribution in [2.45, 2.75) is 13.5 Å². The highest BCUT2D eigenvalue weighted by Crippen LogP contribution is 2.15. The molecule has 0 spiro atoms. The van der Waals surface area contributed by atoms with Gasteiger partial charge >= 0.3 is 0 Å². The standard InChI is InChI=1S/C15H13N5O2S/c1-10-17-18-15(23-10)16-13(21)9-20-14(22)8-7-12(19-20)11-5-3-2-4-6-11/h2-8H,9H2,1H3,(H,16,18,21). The summed E-state index contributed by atoms with van der Waals surface area (Å²) in [7, 11) is 0. The molecule has 2 heterocycles. The number of aromatic nitrogens is 4. The molecule has 3 aromatic rings. The van der Waals surface area contributed by atoms with Crippen LogP contribution in [-0.4, -0.2) is 25.9 Å². The third-order valence-electron chi connectivity index (χ3n) is 3.00. The first-order valence-corrected chi connectivity index (χ1v) is 7.67. The molecule has 0 saturated carbocycles. The molecule has 1 N–H and O–H groups in total. The number of hydrogen-bond donors (Lipinski definition) is 1. The molecule has 1 aromatic carbocycles. The smallest absolute Gasteiger partial charge is 0.267 e. The predicted octanol–water partition coefficient (Wildman–Crippen LogP) is 1.71. The second-order valence-corrected chi connectivity index (χ2v) is 5.94. The Morgan fingerprint density at radius 2 is 1.96 bits per heavy atom. The van der Waals surface area contributed by atoms with E-state index < -0.39 is 0 Å². The average molecular weight is 327 g/mol. The molecule has 0 atom stereocenters. The fourth-order valence-corrected chi connectivity index (χ4v) is 2.57. The Balaban J connectivity index is 1.79. The molecule has 0 radical (unpaired) electrons. The van der Waals surface area contributed by atoms with Crippen LogP contribution in [0.1, 0.15) is 5.01 Å². The van der Waals surface area contributed by atoms with Crippen molar-refractivity contribution in [1.29, 1.82) is 0 Å². The molecule has 7 nitrogen and oxygen atoms in total. The molecular weight excluding hydrogens is 314 g/mol. The molecule has 0 fully saturated rings. The van der Waals surface area contributed by atoms with Gasteiger partial charge in [0.25, 0.3) is 5.56 Å². The van der Waals surface area contributed by atoms with Crippen molar-refractivity contribution in [3.63, 3.8) is 0 Å². The number of rotatable bonds is 4. The van der Waals surface area contributed by atoms with Gasteiger partial charge in [-0.3, -0.25) is 14.9 Å². The van der Waals surface area contributed by atoms with Crippen molar-refractivity contribution >= 4 is 22.4 Å². The van der Waals surface area contributed by atoms with Gasteiger partial charge < -0.3 is 0 Å². The fourth-order valence-electron chi connectivity index (χ4n) is 1.97. The van der Waals surface area contributed by atoms with Crippen LogP contribution in [0.15, 0.2) is 47.3 Å². The quantitative estimate of drug-likeness (QED) is 0.788. The Morgan fingerprint density at radius 3 is 2.65 bits per heavy atom. The van der Waals surface area contributed by atoms with E-state index in [0.29, 0.717) is 10.8 Å². The van der Waals surface area contributed by atoms with E-state index in [1.165, 1.54) is 17.4 Å². The number of nitrogens with one attached hydrogen (secondary N) is 1. The van der Waals surface area contributed by atoms with Gasteiger partial charge in [0.1, 0.15) is 11.6 Å². The number of nitrogens with zero attached hydrogens (tertiary/aromatic N) is 4. The molecule has 0 aliphatic heterocycles. The summed E-state index contributed by atoms with van der Waals surface area (Å²) in [5, 5.41) is 15.6. The summed E-state index contributed by atoms with van der Waals surface area (Å²) in [4.78, 5) is 23.9. The lowest BCUT2D eigenvalue weighted by atomic mass is 10.1. The lowest BCUT2D eigenvalue weighted by Crippen LogP contribution is -2.29. The summed E-state index contributed by atoms with van der Waals surface area (Å²) in [5.74, 6) is -0.374. The maximum absolute atomic E-state index is 12.0. The Labute approximate surface area is 135 Å². The van der Waals surface area contributed by atoms with E-state index in [-0.39, 0.29) is 18.0 Å². The first-order valence-electron chi connectivity index (χ1n) is 6.85. The van der Waals surface area contributed by atoms with Gasteiger partial charge in [0.15, 0.2) is 0 Å². The lowest BCUT2D eigenvalue weighted by Gasteiger charge is -2.06. The number of carbonyl (C=O) groups excluding carboxylic acids is 1. The van der Waals surface area contributed by atoms with E-state index in [4.69, 9.17) is 0 Å². The topological polar surface area (TPSA) is 89.8 Å². The SMILES string of the molecule is Cc1nnc(NC(=O)Cn2nc(-c3ccccc3)ccc2=O)s1. The zero-order valence-electron chi connectivity index (χ0n) is 12.3. The molecular formula is C15H13N5O2S. The number of aryl methyl sites for hydroxylation is 1. The molecule has 0 bridgehead atoms. The van der Waals surface area contributed by atoms with E-state index >= 15 is 0 Å². The molecule has 0 unspecified atom stereocenters. The van der Waals surface area contributed by atoms with Crippen LogP contribution in [0.2, 0.25) is 0 Å². The van der Waals surface area contributed by atoms with Crippen molar-refractivity contribution in [3.8, 4) is 11.3 Å². The molecule has 116 valence electrons. The molecule has 0 aliphatic rings. The largest absolute Gasteiger partial charge is 0.299 e. The number of amides is 1. The number of anilines is 1. The normalized spacial score (nSPS) is 10.5. The number of benzene rings is 1. The highest BCUT2D eigenvalue weighted by molar-refractivity contribution is 7.15. The van der Waals surface area contributed by atoms with Crippen LogP contribution in [-0.2, 0) is 11.3 Å². The van der Waals surface area contributed by atoms with E-state index in [0.717, 1.165) is 15.3 Å². The van der Waals surface area contributed by atoms with Crippen LogP contribution >= 0.6 is 11.3 Å². The molecule has 23 heavy (non-hydrogen) atoms. The van der Waals surface area contributed by atoms with Gasteiger partial charge in [0, 0.05) is 11.6 Å². The Bertz CT molecular complexity index is 888. The monoisotopic (exact) mass is 327 g/mol. The summed E-state index contributed by atoms with van der Waals surface area (Å²) in [6.07, 6.45) is 0. The van der Waals surface area contributed by atoms with Crippen LogP contribution in [0.4, 0.5) is 5.13 Å². The summed E-state index contributed by atoms with van der Waals surface area (Å²) in [6.45, 7) is 1.61. The Hall–Kier alpha value is -2.87. The molecule has 1 amide bonds. The number of carbonyl (C=O) groups is 1. The van der Waals surface area contributed by atoms with Crippen molar-refractivity contribution in [2.75, 3.05) is 5.32 Å². The first kappa shape index (κ1) is 15.0. The third kappa shape index (κ3) is 3.67. The van der Waals surface area contributed by atoms with E-state index in [9.17, 15) is 9.59 Å². The van der Waals surface area contributed by atoms with Gasteiger partial charge in [-0.15, -0.1) is 10.2 Å². The first-order chi connectivity index (χ1) is 11.1. The van der Waals surface area contributed by atoms with Crippen LogP contribution in [0.3, 0.4) is 0 Å². The molecule has 8 heteroatoms. The van der Waals surface area contributed by atoms with Gasteiger partial charge in [0.2, 0.25) is 11.0 Å². The molecule has 3 rings (SSSR count). The van der Waals surface area contributed by atoms with E-state index in [1.807, 2.05) is 30.3 Å². The van der Waals surface area contributed by atoms with Gasteiger partial charge in [-0.05, 0) is 13.0 Å². The minimum Gasteiger partial charge on any atom is -0.299 e. The van der Waals surface area contributed by atoms with E-state index in [1.54, 1.807) is 13.0 Å². The Kier molecular flexibility index (Phi) is 4.24. The fraction of sp³-hybridized carbons (Fsp3) is 0.133. The van der Waals surface area contributed by atoms with Crippen LogP contribution < -0.4 is 10.9 Å². The van der Waals surface area contributed by atoms with Gasteiger partial charge in [0.05, 0.1) is 5.69 Å². The highest BCUT2D eigenvalue weighted by atomic mass is 32.1. The minimum atomic E-state index is -0.374. The summed E-state index contributed by atoms with van der Waals surface area (Å²) in [6, 6.07) is 12.5. The maximum Gasteiger partial charge on any atom is 0.267 e. The summed E-state index contributed by atoms with van der Waals surface area (Å²) in [5.41, 5.74) is 1.17. The second kappa shape index (κ2) is 6.49. The van der Waals surface area contributed by atoms with Gasteiger partial charge in [-0.1, -0.05) is 41.7 Å². The molecule has 0 saturated heterocycles. The van der Waals surface area contributed by atoms with Crippen molar-refractivity contribution < 1.29 is 4.79 Å². The molecule has 2 aromatic heterocycles.